The van der Waals surface area contributed by atoms with Gasteiger partial charge in [-0.25, -0.2) is 4.79 Å². The number of aliphatic hydroxyl groups excluding tert-OH is 1. The largest absolute Gasteiger partial charge is 0.515 e. The Hall–Kier alpha value is -1.97. The van der Waals surface area contributed by atoms with E-state index in [1.165, 1.54) is 0 Å². The van der Waals surface area contributed by atoms with Gasteiger partial charge in [0.25, 0.3) is 0 Å². The number of carbonyl (C=O) groups is 1. The molecule has 0 aliphatic heterocycles. The predicted molar refractivity (Wildman–Crippen MR) is 64.8 cm³/mol. The van der Waals surface area contributed by atoms with Gasteiger partial charge in [-0.1, -0.05) is 12.1 Å². The fourth-order valence-corrected chi connectivity index (χ4v) is 1.35. The second-order valence-corrected chi connectivity index (χ2v) is 3.22. The van der Waals surface area contributed by atoms with E-state index in [1.807, 2.05) is 6.92 Å². The van der Waals surface area contributed by atoms with Crippen LogP contribution < -0.4 is 4.74 Å². The molecule has 0 atom stereocenters. The average molecular weight is 236 g/mol. The third-order valence-electron chi connectivity index (χ3n) is 2.10. The second-order valence-electron chi connectivity index (χ2n) is 3.22. The van der Waals surface area contributed by atoms with Crippen molar-refractivity contribution in [2.45, 2.75) is 13.8 Å². The summed E-state index contributed by atoms with van der Waals surface area (Å²) in [6.07, 6.45) is 0.758. The number of carbonyl (C=O) groups excluding carboxylic acids is 1. The zero-order valence-electron chi connectivity index (χ0n) is 9.97. The molecule has 0 saturated carbocycles. The highest BCUT2D eigenvalue weighted by Gasteiger charge is 2.13. The number of rotatable bonds is 5. The number of benzene rings is 1. The molecule has 92 valence electrons. The second kappa shape index (κ2) is 6.58. The van der Waals surface area contributed by atoms with Crippen LogP contribution >= 0.6 is 0 Å². The van der Waals surface area contributed by atoms with E-state index in [4.69, 9.17) is 14.6 Å². The van der Waals surface area contributed by atoms with Crippen molar-refractivity contribution in [3.8, 4) is 5.75 Å². The number of hydrogen-bond donors (Lipinski definition) is 1. The van der Waals surface area contributed by atoms with Gasteiger partial charge in [0.15, 0.2) is 0 Å². The molecule has 0 aliphatic carbocycles. The smallest absolute Gasteiger partial charge is 0.341 e. The predicted octanol–water partition coefficient (Wildman–Crippen LogP) is 2.55. The molecule has 17 heavy (non-hydrogen) atoms. The summed E-state index contributed by atoms with van der Waals surface area (Å²) in [5, 5.41) is 9.06. The lowest BCUT2D eigenvalue weighted by Gasteiger charge is -2.07. The van der Waals surface area contributed by atoms with Crippen LogP contribution in [0.4, 0.5) is 0 Å². The molecule has 0 aromatic heterocycles. The van der Waals surface area contributed by atoms with Crippen LogP contribution in [0.15, 0.2) is 30.5 Å². The molecule has 4 heteroatoms. The standard InChI is InChI=1S/C13H16O4/c1-3-16-11-7-5-10(6-8-11)12(9-14)13(15)17-4-2/h5-9,14H,3-4H2,1-2H3. The Morgan fingerprint density at radius 1 is 1.24 bits per heavy atom. The number of esters is 1. The van der Waals surface area contributed by atoms with Crippen LogP contribution in [-0.2, 0) is 9.53 Å². The van der Waals surface area contributed by atoms with Crippen LogP contribution in [0.1, 0.15) is 19.4 Å². The van der Waals surface area contributed by atoms with Crippen LogP contribution in [0.5, 0.6) is 5.75 Å². The van der Waals surface area contributed by atoms with Crippen LogP contribution in [0, 0.1) is 0 Å². The monoisotopic (exact) mass is 236 g/mol. The molecule has 4 nitrogen and oxygen atoms in total. The quantitative estimate of drug-likeness (QED) is 0.485. The molecular formula is C13H16O4. The van der Waals surface area contributed by atoms with Crippen molar-refractivity contribution in [2.24, 2.45) is 0 Å². The lowest BCUT2D eigenvalue weighted by molar-refractivity contribution is -0.136. The first-order valence-electron chi connectivity index (χ1n) is 5.47. The topological polar surface area (TPSA) is 55.8 Å². The summed E-state index contributed by atoms with van der Waals surface area (Å²) in [7, 11) is 0. The van der Waals surface area contributed by atoms with Gasteiger partial charge in [0.1, 0.15) is 11.3 Å². The first kappa shape index (κ1) is 13.1. The normalized spacial score (nSPS) is 11.1. The number of hydrogen-bond acceptors (Lipinski definition) is 4. The highest BCUT2D eigenvalue weighted by Crippen LogP contribution is 2.19. The highest BCUT2D eigenvalue weighted by atomic mass is 16.5. The van der Waals surface area contributed by atoms with E-state index in [-0.39, 0.29) is 12.2 Å². The SMILES string of the molecule is CCOC(=O)C(=CO)c1ccc(OCC)cc1. The van der Waals surface area contributed by atoms with Gasteiger partial charge in [0.05, 0.1) is 19.5 Å². The van der Waals surface area contributed by atoms with Gasteiger partial charge >= 0.3 is 5.97 Å². The lowest BCUT2D eigenvalue weighted by atomic mass is 10.1. The fourth-order valence-electron chi connectivity index (χ4n) is 1.35. The highest BCUT2D eigenvalue weighted by molar-refractivity contribution is 6.16. The molecule has 1 rings (SSSR count). The van der Waals surface area contributed by atoms with Crippen molar-refractivity contribution in [3.63, 3.8) is 0 Å². The Bertz CT molecular complexity index is 392. The maximum Gasteiger partial charge on any atom is 0.341 e. The Kier molecular flexibility index (Phi) is 5.07. The van der Waals surface area contributed by atoms with E-state index in [1.54, 1.807) is 31.2 Å². The van der Waals surface area contributed by atoms with E-state index in [0.29, 0.717) is 12.2 Å². The zero-order chi connectivity index (χ0) is 12.7. The molecule has 1 N–H and O–H groups in total. The van der Waals surface area contributed by atoms with E-state index < -0.39 is 5.97 Å². The van der Waals surface area contributed by atoms with Gasteiger partial charge in [-0.2, -0.15) is 0 Å². The van der Waals surface area contributed by atoms with E-state index >= 15 is 0 Å². The molecule has 0 fully saturated rings. The molecule has 1 aromatic rings. The molecule has 0 aliphatic rings. The summed E-state index contributed by atoms with van der Waals surface area (Å²) in [6.45, 7) is 4.46. The van der Waals surface area contributed by atoms with E-state index in [0.717, 1.165) is 12.0 Å². The minimum atomic E-state index is -0.542. The first-order valence-corrected chi connectivity index (χ1v) is 5.47. The molecular weight excluding hydrogens is 220 g/mol. The third kappa shape index (κ3) is 3.52. The summed E-state index contributed by atoms with van der Waals surface area (Å²) in [6, 6.07) is 6.87. The van der Waals surface area contributed by atoms with Gasteiger partial charge in [-0.3, -0.25) is 0 Å². The van der Waals surface area contributed by atoms with Crippen molar-refractivity contribution < 1.29 is 19.4 Å². The summed E-state index contributed by atoms with van der Waals surface area (Å²) in [4.78, 5) is 11.5. The van der Waals surface area contributed by atoms with Crippen molar-refractivity contribution in [1.29, 1.82) is 0 Å². The summed E-state index contributed by atoms with van der Waals surface area (Å²) >= 11 is 0. The third-order valence-corrected chi connectivity index (χ3v) is 2.10. The van der Waals surface area contributed by atoms with Crippen molar-refractivity contribution in [2.75, 3.05) is 13.2 Å². The van der Waals surface area contributed by atoms with E-state index in [9.17, 15) is 4.79 Å². The minimum Gasteiger partial charge on any atom is -0.515 e. The molecule has 0 saturated heterocycles. The maximum absolute atomic E-state index is 11.5. The van der Waals surface area contributed by atoms with Crippen molar-refractivity contribution in [3.05, 3.63) is 36.1 Å². The Balaban J connectivity index is 2.87. The molecule has 1 aromatic carbocycles. The Morgan fingerprint density at radius 2 is 1.88 bits per heavy atom. The van der Waals surface area contributed by atoms with Gasteiger partial charge < -0.3 is 14.6 Å². The zero-order valence-corrected chi connectivity index (χ0v) is 9.97. The Labute approximate surface area is 100 Å². The molecule has 0 unspecified atom stereocenters. The number of aliphatic hydroxyl groups is 1. The van der Waals surface area contributed by atoms with Crippen LogP contribution in [0.25, 0.3) is 5.57 Å². The van der Waals surface area contributed by atoms with Crippen LogP contribution in [0.3, 0.4) is 0 Å². The number of ether oxygens (including phenoxy) is 2. The van der Waals surface area contributed by atoms with Gasteiger partial charge in [-0.15, -0.1) is 0 Å². The van der Waals surface area contributed by atoms with Gasteiger partial charge in [0, 0.05) is 0 Å². The van der Waals surface area contributed by atoms with Crippen molar-refractivity contribution in [1.82, 2.24) is 0 Å². The average Bonchev–Trinajstić information content (AvgIpc) is 2.33. The van der Waals surface area contributed by atoms with Crippen LogP contribution in [0.2, 0.25) is 0 Å². The fraction of sp³-hybridized carbons (Fsp3) is 0.308. The molecule has 0 heterocycles. The Morgan fingerprint density at radius 3 is 2.35 bits per heavy atom. The van der Waals surface area contributed by atoms with Gasteiger partial charge in [-0.05, 0) is 31.5 Å². The molecule has 0 radical (unpaired) electrons. The minimum absolute atomic E-state index is 0.134. The van der Waals surface area contributed by atoms with Gasteiger partial charge in [0.2, 0.25) is 0 Å². The van der Waals surface area contributed by atoms with Crippen molar-refractivity contribution >= 4 is 11.5 Å². The lowest BCUT2D eigenvalue weighted by Crippen LogP contribution is -2.07. The summed E-state index contributed by atoms with van der Waals surface area (Å²) < 4.78 is 10.1. The van der Waals surface area contributed by atoms with Crippen LogP contribution in [-0.4, -0.2) is 24.3 Å². The summed E-state index contributed by atoms with van der Waals surface area (Å²) in [5.74, 6) is 0.177. The van der Waals surface area contributed by atoms with E-state index in [2.05, 4.69) is 0 Å². The summed E-state index contributed by atoms with van der Waals surface area (Å²) in [5.41, 5.74) is 0.726. The first-order chi connectivity index (χ1) is 8.22. The molecule has 0 amide bonds. The molecule has 0 spiro atoms. The molecule has 0 bridgehead atoms. The maximum atomic E-state index is 11.5.